The van der Waals surface area contributed by atoms with Gasteiger partial charge in [0.05, 0.1) is 11.6 Å². The van der Waals surface area contributed by atoms with Gasteiger partial charge in [-0.2, -0.15) is 0 Å². The van der Waals surface area contributed by atoms with Gasteiger partial charge >= 0.3 is 5.97 Å². The van der Waals surface area contributed by atoms with E-state index in [1.54, 1.807) is 24.0 Å². The molecule has 0 saturated carbocycles. The van der Waals surface area contributed by atoms with Crippen molar-refractivity contribution in [3.63, 3.8) is 0 Å². The molecule has 0 aliphatic carbocycles. The Kier molecular flexibility index (Phi) is 4.28. The summed E-state index contributed by atoms with van der Waals surface area (Å²) in [6, 6.07) is 5.75. The van der Waals surface area contributed by atoms with E-state index in [0.717, 1.165) is 0 Å². The maximum absolute atomic E-state index is 13.0. The van der Waals surface area contributed by atoms with E-state index in [1.165, 1.54) is 16.8 Å². The summed E-state index contributed by atoms with van der Waals surface area (Å²) in [6.45, 7) is 2.46. The van der Waals surface area contributed by atoms with Gasteiger partial charge in [0, 0.05) is 13.1 Å². The number of hydrogen-bond donors (Lipinski definition) is 1. The minimum Gasteiger partial charge on any atom is -0.481 e. The van der Waals surface area contributed by atoms with Crippen molar-refractivity contribution in [3.05, 3.63) is 41.7 Å². The van der Waals surface area contributed by atoms with Crippen LogP contribution in [0.2, 0.25) is 0 Å². The zero-order chi connectivity index (χ0) is 17.3. The molecule has 0 atom stereocenters. The number of aromatic nitrogens is 3. The smallest absolute Gasteiger partial charge is 0.306 e. The number of carbonyl (C=O) groups is 2. The number of likely N-dealkylation sites (tertiary alicyclic amines) is 1. The molecular formula is C16H17FN4O3. The molecule has 8 heteroatoms. The van der Waals surface area contributed by atoms with E-state index < -0.39 is 11.9 Å². The molecule has 1 saturated heterocycles. The number of rotatable bonds is 3. The molecule has 1 aromatic carbocycles. The Morgan fingerprint density at radius 3 is 2.42 bits per heavy atom. The van der Waals surface area contributed by atoms with E-state index in [4.69, 9.17) is 5.11 Å². The highest BCUT2D eigenvalue weighted by Gasteiger charge is 2.29. The summed E-state index contributed by atoms with van der Waals surface area (Å²) >= 11 is 0. The fourth-order valence-electron chi connectivity index (χ4n) is 2.78. The van der Waals surface area contributed by atoms with Gasteiger partial charge in [-0.15, -0.1) is 5.10 Å². The average Bonchev–Trinajstić information content (AvgIpc) is 2.97. The minimum absolute atomic E-state index is 0.0607. The average molecular weight is 332 g/mol. The Morgan fingerprint density at radius 1 is 1.21 bits per heavy atom. The largest absolute Gasteiger partial charge is 0.481 e. The molecule has 0 bridgehead atoms. The lowest BCUT2D eigenvalue weighted by Crippen LogP contribution is -2.40. The quantitative estimate of drug-likeness (QED) is 0.923. The zero-order valence-corrected chi connectivity index (χ0v) is 13.1. The van der Waals surface area contributed by atoms with Crippen molar-refractivity contribution in [3.8, 4) is 5.69 Å². The van der Waals surface area contributed by atoms with Crippen LogP contribution in [-0.2, 0) is 4.79 Å². The van der Waals surface area contributed by atoms with Gasteiger partial charge in [-0.05, 0) is 44.0 Å². The van der Waals surface area contributed by atoms with E-state index in [-0.39, 0.29) is 17.5 Å². The van der Waals surface area contributed by atoms with Crippen molar-refractivity contribution < 1.29 is 19.1 Å². The standard InChI is InChI=1S/C16H17FN4O3/c1-10-18-14(19-21(10)13-4-2-12(17)3-5-13)15(22)20-8-6-11(7-9-20)16(23)24/h2-5,11H,6-9H2,1H3,(H,23,24). The number of halogens is 1. The molecule has 0 unspecified atom stereocenters. The monoisotopic (exact) mass is 332 g/mol. The Balaban J connectivity index is 1.76. The summed E-state index contributed by atoms with van der Waals surface area (Å²) in [6.07, 6.45) is 0.859. The molecule has 0 spiro atoms. The molecule has 126 valence electrons. The Hall–Kier alpha value is -2.77. The summed E-state index contributed by atoms with van der Waals surface area (Å²) < 4.78 is 14.5. The highest BCUT2D eigenvalue weighted by atomic mass is 19.1. The van der Waals surface area contributed by atoms with Crippen molar-refractivity contribution in [2.75, 3.05) is 13.1 Å². The number of carbonyl (C=O) groups excluding carboxylic acids is 1. The van der Waals surface area contributed by atoms with Crippen LogP contribution in [0.25, 0.3) is 5.69 Å². The molecule has 2 heterocycles. The number of piperidine rings is 1. The maximum Gasteiger partial charge on any atom is 0.306 e. The van der Waals surface area contributed by atoms with Crippen LogP contribution in [0, 0.1) is 18.7 Å². The number of benzene rings is 1. The third kappa shape index (κ3) is 3.12. The molecule has 1 N–H and O–H groups in total. The Bertz CT molecular complexity index is 764. The van der Waals surface area contributed by atoms with Gasteiger partial charge in [0.2, 0.25) is 5.82 Å². The summed E-state index contributed by atoms with van der Waals surface area (Å²) in [5.41, 5.74) is 0.616. The molecule has 1 fully saturated rings. The van der Waals surface area contributed by atoms with Gasteiger partial charge in [0.25, 0.3) is 5.91 Å². The highest BCUT2D eigenvalue weighted by molar-refractivity contribution is 5.90. The summed E-state index contributed by atoms with van der Waals surface area (Å²) in [4.78, 5) is 29.2. The summed E-state index contributed by atoms with van der Waals surface area (Å²) in [5, 5.41) is 13.2. The molecular weight excluding hydrogens is 315 g/mol. The van der Waals surface area contributed by atoms with Crippen LogP contribution in [0.1, 0.15) is 29.3 Å². The van der Waals surface area contributed by atoms with Crippen LogP contribution >= 0.6 is 0 Å². The number of hydrogen-bond acceptors (Lipinski definition) is 4. The second-order valence-electron chi connectivity index (χ2n) is 5.78. The molecule has 24 heavy (non-hydrogen) atoms. The van der Waals surface area contributed by atoms with Gasteiger partial charge < -0.3 is 10.0 Å². The number of nitrogens with zero attached hydrogens (tertiary/aromatic N) is 4. The topological polar surface area (TPSA) is 88.3 Å². The fourth-order valence-corrected chi connectivity index (χ4v) is 2.78. The Morgan fingerprint density at radius 2 is 1.83 bits per heavy atom. The minimum atomic E-state index is -0.823. The first kappa shape index (κ1) is 16.1. The van der Waals surface area contributed by atoms with Crippen LogP contribution in [0.5, 0.6) is 0 Å². The number of aliphatic carboxylic acids is 1. The zero-order valence-electron chi connectivity index (χ0n) is 13.1. The second-order valence-corrected chi connectivity index (χ2v) is 5.78. The molecule has 1 aromatic heterocycles. The van der Waals surface area contributed by atoms with Crippen molar-refractivity contribution >= 4 is 11.9 Å². The van der Waals surface area contributed by atoms with Crippen LogP contribution < -0.4 is 0 Å². The highest BCUT2D eigenvalue weighted by Crippen LogP contribution is 2.19. The van der Waals surface area contributed by atoms with Crippen molar-refractivity contribution in [1.29, 1.82) is 0 Å². The second kappa shape index (κ2) is 6.38. The number of aryl methyl sites for hydroxylation is 1. The lowest BCUT2D eigenvalue weighted by Gasteiger charge is -2.29. The third-order valence-electron chi connectivity index (χ3n) is 4.16. The van der Waals surface area contributed by atoms with Crippen LogP contribution in [0.3, 0.4) is 0 Å². The maximum atomic E-state index is 13.0. The fraction of sp³-hybridized carbons (Fsp3) is 0.375. The van der Waals surface area contributed by atoms with Gasteiger partial charge in [-0.1, -0.05) is 0 Å². The molecule has 0 radical (unpaired) electrons. The van der Waals surface area contributed by atoms with Crippen LogP contribution in [0.4, 0.5) is 4.39 Å². The van der Waals surface area contributed by atoms with Crippen molar-refractivity contribution in [2.24, 2.45) is 5.92 Å². The first-order valence-electron chi connectivity index (χ1n) is 7.67. The molecule has 3 rings (SSSR count). The van der Waals surface area contributed by atoms with Crippen LogP contribution in [0.15, 0.2) is 24.3 Å². The molecule has 7 nitrogen and oxygen atoms in total. The number of amides is 1. The van der Waals surface area contributed by atoms with E-state index >= 15 is 0 Å². The molecule has 1 amide bonds. The third-order valence-corrected chi connectivity index (χ3v) is 4.16. The predicted octanol–water partition coefficient (Wildman–Crippen LogP) is 1.65. The number of carboxylic acids is 1. The van der Waals surface area contributed by atoms with Crippen molar-refractivity contribution in [1.82, 2.24) is 19.7 Å². The lowest BCUT2D eigenvalue weighted by molar-refractivity contribution is -0.143. The van der Waals surface area contributed by atoms with Crippen LogP contribution in [-0.4, -0.2) is 49.7 Å². The summed E-state index contributed by atoms with van der Waals surface area (Å²) in [7, 11) is 0. The lowest BCUT2D eigenvalue weighted by atomic mass is 9.97. The van der Waals surface area contributed by atoms with Crippen molar-refractivity contribution in [2.45, 2.75) is 19.8 Å². The molecule has 1 aliphatic heterocycles. The van der Waals surface area contributed by atoms with E-state index in [9.17, 15) is 14.0 Å². The Labute approximate surface area is 137 Å². The number of carboxylic acid groups (broad SMARTS) is 1. The van der Waals surface area contributed by atoms with E-state index in [0.29, 0.717) is 37.4 Å². The first-order valence-corrected chi connectivity index (χ1v) is 7.67. The van der Waals surface area contributed by atoms with Gasteiger partial charge in [-0.3, -0.25) is 9.59 Å². The normalized spacial score (nSPS) is 15.5. The molecule has 2 aromatic rings. The SMILES string of the molecule is Cc1nc(C(=O)N2CCC(C(=O)O)CC2)nn1-c1ccc(F)cc1. The van der Waals surface area contributed by atoms with Gasteiger partial charge in [0.1, 0.15) is 11.6 Å². The van der Waals surface area contributed by atoms with E-state index in [2.05, 4.69) is 10.1 Å². The first-order chi connectivity index (χ1) is 11.5. The van der Waals surface area contributed by atoms with E-state index in [1.807, 2.05) is 0 Å². The summed E-state index contributed by atoms with van der Waals surface area (Å²) in [5.74, 6) is -1.31. The van der Waals surface area contributed by atoms with Gasteiger partial charge in [0.15, 0.2) is 0 Å². The molecule has 1 aliphatic rings. The van der Waals surface area contributed by atoms with Gasteiger partial charge in [-0.25, -0.2) is 14.1 Å². The predicted molar refractivity (Wildman–Crippen MR) is 82.3 cm³/mol.